The second-order valence-corrected chi connectivity index (χ2v) is 5.81. The van der Waals surface area contributed by atoms with Gasteiger partial charge in [0.1, 0.15) is 18.2 Å². The van der Waals surface area contributed by atoms with Crippen LogP contribution in [0.2, 0.25) is 10.0 Å². The maximum absolute atomic E-state index is 11.2. The molecule has 0 atom stereocenters. The number of hydrogen-bond donors (Lipinski definition) is 1. The lowest BCUT2D eigenvalue weighted by molar-refractivity contribution is -0.114. The molecule has 0 saturated carbocycles. The first kappa shape index (κ1) is 18.7. The van der Waals surface area contributed by atoms with Gasteiger partial charge in [0.15, 0.2) is 11.5 Å². The fourth-order valence-corrected chi connectivity index (χ4v) is 2.48. The van der Waals surface area contributed by atoms with Crippen LogP contribution in [0.15, 0.2) is 42.0 Å². The molecule has 0 heterocycles. The molecule has 1 amide bonds. The Kier molecular flexibility index (Phi) is 6.29. The van der Waals surface area contributed by atoms with Crippen LogP contribution in [-0.2, 0) is 11.4 Å². The minimum atomic E-state index is -0.797. The van der Waals surface area contributed by atoms with Gasteiger partial charge >= 0.3 is 0 Å². The third-order valence-electron chi connectivity index (χ3n) is 3.28. The highest BCUT2D eigenvalue weighted by atomic mass is 35.5. The smallest absolute Gasteiger partial charge is 0.259 e. The summed E-state index contributed by atoms with van der Waals surface area (Å²) in [4.78, 5) is 11.2. The lowest BCUT2D eigenvalue weighted by Crippen LogP contribution is -2.12. The van der Waals surface area contributed by atoms with Gasteiger partial charge in [0.05, 0.1) is 7.11 Å². The molecule has 0 unspecified atom stereocenters. The summed E-state index contributed by atoms with van der Waals surface area (Å²) < 4.78 is 11.0. The standard InChI is InChI=1S/C18H14Cl2N2O3/c1-24-16-5-2-11(6-13(9-21)18(22)23)7-17(16)25-10-12-3-4-14(19)8-15(12)20/h2-8H,10H2,1H3,(H2,22,23)/b13-6+. The van der Waals surface area contributed by atoms with Crippen LogP contribution in [0.1, 0.15) is 11.1 Å². The van der Waals surface area contributed by atoms with Crippen molar-refractivity contribution in [1.29, 1.82) is 5.26 Å². The molecule has 5 nitrogen and oxygen atoms in total. The van der Waals surface area contributed by atoms with Crippen molar-refractivity contribution in [3.8, 4) is 17.6 Å². The van der Waals surface area contributed by atoms with Crippen LogP contribution in [0.3, 0.4) is 0 Å². The number of methoxy groups -OCH3 is 1. The van der Waals surface area contributed by atoms with Crippen LogP contribution in [0, 0.1) is 11.3 Å². The fraction of sp³-hybridized carbons (Fsp3) is 0.111. The molecular formula is C18H14Cl2N2O3. The zero-order chi connectivity index (χ0) is 18.4. The Morgan fingerprint density at radius 1 is 1.24 bits per heavy atom. The highest BCUT2D eigenvalue weighted by Crippen LogP contribution is 2.31. The number of amides is 1. The number of nitriles is 1. The van der Waals surface area contributed by atoms with E-state index in [4.69, 9.17) is 43.7 Å². The number of halogens is 2. The number of carbonyl (C=O) groups excluding carboxylic acids is 1. The largest absolute Gasteiger partial charge is 0.493 e. The summed E-state index contributed by atoms with van der Waals surface area (Å²) >= 11 is 12.0. The van der Waals surface area contributed by atoms with Gasteiger partial charge in [-0.2, -0.15) is 5.26 Å². The molecular weight excluding hydrogens is 363 g/mol. The number of primary amides is 1. The first-order valence-electron chi connectivity index (χ1n) is 7.11. The topological polar surface area (TPSA) is 85.3 Å². The lowest BCUT2D eigenvalue weighted by atomic mass is 10.1. The van der Waals surface area contributed by atoms with Gasteiger partial charge in [-0.25, -0.2) is 0 Å². The summed E-state index contributed by atoms with van der Waals surface area (Å²) in [6.07, 6.45) is 1.38. The average molecular weight is 377 g/mol. The van der Waals surface area contributed by atoms with Gasteiger partial charge in [0.2, 0.25) is 0 Å². The van der Waals surface area contributed by atoms with Gasteiger partial charge in [-0.1, -0.05) is 35.3 Å². The first-order valence-corrected chi connectivity index (χ1v) is 7.86. The van der Waals surface area contributed by atoms with E-state index in [1.807, 2.05) is 0 Å². The van der Waals surface area contributed by atoms with Crippen LogP contribution in [0.4, 0.5) is 0 Å². The highest BCUT2D eigenvalue weighted by Gasteiger charge is 2.09. The number of rotatable bonds is 6. The normalized spacial score (nSPS) is 10.9. The Balaban J connectivity index is 2.28. The number of nitrogens with zero attached hydrogens (tertiary/aromatic N) is 1. The second kappa shape index (κ2) is 8.43. The summed E-state index contributed by atoms with van der Waals surface area (Å²) in [7, 11) is 1.51. The molecule has 0 fully saturated rings. The van der Waals surface area contributed by atoms with Crippen molar-refractivity contribution in [1.82, 2.24) is 0 Å². The Labute approximate surface area is 155 Å². The van der Waals surface area contributed by atoms with E-state index in [9.17, 15) is 4.79 Å². The Morgan fingerprint density at radius 3 is 2.60 bits per heavy atom. The van der Waals surface area contributed by atoms with Gasteiger partial charge in [-0.05, 0) is 35.9 Å². The summed E-state index contributed by atoms with van der Waals surface area (Å²) in [5.41, 5.74) is 6.32. The zero-order valence-electron chi connectivity index (χ0n) is 13.3. The van der Waals surface area contributed by atoms with Gasteiger partial charge in [-0.3, -0.25) is 4.79 Å². The molecule has 25 heavy (non-hydrogen) atoms. The molecule has 0 saturated heterocycles. The highest BCUT2D eigenvalue weighted by molar-refractivity contribution is 6.35. The third-order valence-corrected chi connectivity index (χ3v) is 3.87. The molecule has 0 radical (unpaired) electrons. The van der Waals surface area contributed by atoms with Crippen LogP contribution in [0.5, 0.6) is 11.5 Å². The molecule has 2 aromatic rings. The Hall–Kier alpha value is -2.68. The Bertz CT molecular complexity index is 873. The van der Waals surface area contributed by atoms with Crippen molar-refractivity contribution in [2.24, 2.45) is 5.73 Å². The number of carbonyl (C=O) groups is 1. The van der Waals surface area contributed by atoms with E-state index in [1.54, 1.807) is 42.5 Å². The maximum atomic E-state index is 11.2. The molecule has 2 aromatic carbocycles. The monoisotopic (exact) mass is 376 g/mol. The van der Waals surface area contributed by atoms with E-state index in [2.05, 4.69) is 0 Å². The zero-order valence-corrected chi connectivity index (χ0v) is 14.8. The molecule has 0 aliphatic rings. The second-order valence-electron chi connectivity index (χ2n) is 4.97. The molecule has 2 N–H and O–H groups in total. The Morgan fingerprint density at radius 2 is 2.00 bits per heavy atom. The summed E-state index contributed by atoms with van der Waals surface area (Å²) in [5.74, 6) is 0.137. The fourth-order valence-electron chi connectivity index (χ4n) is 2.02. The third kappa shape index (κ3) is 4.90. The summed E-state index contributed by atoms with van der Waals surface area (Å²) in [5, 5.41) is 9.96. The minimum Gasteiger partial charge on any atom is -0.493 e. The maximum Gasteiger partial charge on any atom is 0.259 e. The van der Waals surface area contributed by atoms with E-state index in [0.29, 0.717) is 27.1 Å². The molecule has 128 valence electrons. The number of ether oxygens (including phenoxy) is 2. The number of benzene rings is 2. The van der Waals surface area contributed by atoms with Crippen molar-refractivity contribution in [2.45, 2.75) is 6.61 Å². The van der Waals surface area contributed by atoms with Crippen LogP contribution in [-0.4, -0.2) is 13.0 Å². The first-order chi connectivity index (χ1) is 11.9. The van der Waals surface area contributed by atoms with E-state index in [0.717, 1.165) is 5.56 Å². The molecule has 0 aromatic heterocycles. The van der Waals surface area contributed by atoms with Gasteiger partial charge in [0.25, 0.3) is 5.91 Å². The van der Waals surface area contributed by atoms with Gasteiger partial charge in [-0.15, -0.1) is 0 Å². The molecule has 0 aliphatic carbocycles. The van der Waals surface area contributed by atoms with E-state index in [-0.39, 0.29) is 12.2 Å². The molecule has 0 spiro atoms. The SMILES string of the molecule is COc1ccc(/C=C(\C#N)C(N)=O)cc1OCc1ccc(Cl)cc1Cl. The predicted molar refractivity (Wildman–Crippen MR) is 96.6 cm³/mol. The van der Waals surface area contributed by atoms with Crippen molar-refractivity contribution >= 4 is 35.2 Å². The van der Waals surface area contributed by atoms with Crippen molar-refractivity contribution in [3.63, 3.8) is 0 Å². The van der Waals surface area contributed by atoms with Crippen molar-refractivity contribution < 1.29 is 14.3 Å². The quantitative estimate of drug-likeness (QED) is 0.610. The predicted octanol–water partition coefficient (Wildman–Crippen LogP) is 3.97. The van der Waals surface area contributed by atoms with Crippen LogP contribution < -0.4 is 15.2 Å². The van der Waals surface area contributed by atoms with E-state index < -0.39 is 5.91 Å². The molecule has 0 aliphatic heterocycles. The summed E-state index contributed by atoms with van der Waals surface area (Å²) in [6.45, 7) is 0.195. The molecule has 2 rings (SSSR count). The molecule has 0 bridgehead atoms. The summed E-state index contributed by atoms with van der Waals surface area (Å²) in [6, 6.07) is 11.9. The van der Waals surface area contributed by atoms with Gasteiger partial charge in [0, 0.05) is 15.6 Å². The number of hydrogen-bond acceptors (Lipinski definition) is 4. The van der Waals surface area contributed by atoms with Gasteiger partial charge < -0.3 is 15.2 Å². The van der Waals surface area contributed by atoms with E-state index in [1.165, 1.54) is 13.2 Å². The van der Waals surface area contributed by atoms with Crippen molar-refractivity contribution in [3.05, 3.63) is 63.1 Å². The van der Waals surface area contributed by atoms with Crippen LogP contribution in [0.25, 0.3) is 6.08 Å². The number of nitrogens with two attached hydrogens (primary N) is 1. The average Bonchev–Trinajstić information content (AvgIpc) is 2.58. The minimum absolute atomic E-state index is 0.156. The van der Waals surface area contributed by atoms with E-state index >= 15 is 0 Å². The van der Waals surface area contributed by atoms with Crippen molar-refractivity contribution in [2.75, 3.05) is 7.11 Å². The van der Waals surface area contributed by atoms with Crippen LogP contribution >= 0.6 is 23.2 Å². The lowest BCUT2D eigenvalue weighted by Gasteiger charge is -2.12. The molecule has 7 heteroatoms.